The summed E-state index contributed by atoms with van der Waals surface area (Å²) < 4.78 is 26.4. The SMILES string of the molecule is CCCS(=O)(=O)NC(C(N)=O)c1cccc(Br)c1. The average Bonchev–Trinajstić information content (AvgIpc) is 2.25. The van der Waals surface area contributed by atoms with Crippen molar-refractivity contribution >= 4 is 31.9 Å². The average molecular weight is 335 g/mol. The summed E-state index contributed by atoms with van der Waals surface area (Å²) in [5.41, 5.74) is 5.75. The Kier molecular flexibility index (Phi) is 5.30. The molecule has 0 aliphatic carbocycles. The fourth-order valence-electron chi connectivity index (χ4n) is 1.48. The van der Waals surface area contributed by atoms with E-state index in [0.29, 0.717) is 12.0 Å². The van der Waals surface area contributed by atoms with Gasteiger partial charge in [0.1, 0.15) is 6.04 Å². The number of benzene rings is 1. The number of hydrogen-bond donors (Lipinski definition) is 2. The number of nitrogens with one attached hydrogen (secondary N) is 1. The van der Waals surface area contributed by atoms with E-state index in [-0.39, 0.29) is 5.75 Å². The van der Waals surface area contributed by atoms with Crippen molar-refractivity contribution in [2.45, 2.75) is 19.4 Å². The van der Waals surface area contributed by atoms with E-state index in [1.54, 1.807) is 31.2 Å². The third kappa shape index (κ3) is 4.40. The maximum atomic E-state index is 11.7. The predicted octanol–water partition coefficient (Wildman–Crippen LogP) is 1.30. The summed E-state index contributed by atoms with van der Waals surface area (Å²) in [4.78, 5) is 11.4. The van der Waals surface area contributed by atoms with Gasteiger partial charge in [-0.15, -0.1) is 0 Å². The molecule has 1 aromatic carbocycles. The molecule has 1 atom stereocenters. The molecule has 18 heavy (non-hydrogen) atoms. The van der Waals surface area contributed by atoms with Crippen LogP contribution in [-0.4, -0.2) is 20.1 Å². The number of halogens is 1. The Morgan fingerprint density at radius 3 is 2.67 bits per heavy atom. The summed E-state index contributed by atoms with van der Waals surface area (Å²) in [7, 11) is -3.50. The van der Waals surface area contributed by atoms with Crippen molar-refractivity contribution in [3.8, 4) is 0 Å². The topological polar surface area (TPSA) is 89.3 Å². The van der Waals surface area contributed by atoms with Crippen molar-refractivity contribution in [3.63, 3.8) is 0 Å². The summed E-state index contributed by atoms with van der Waals surface area (Å²) in [6, 6.07) is 5.75. The van der Waals surface area contributed by atoms with Crippen LogP contribution >= 0.6 is 15.9 Å². The zero-order valence-electron chi connectivity index (χ0n) is 9.89. The van der Waals surface area contributed by atoms with E-state index >= 15 is 0 Å². The zero-order valence-corrected chi connectivity index (χ0v) is 12.3. The third-order valence-electron chi connectivity index (χ3n) is 2.24. The fraction of sp³-hybridized carbons (Fsp3) is 0.364. The molecule has 0 fully saturated rings. The number of primary amides is 1. The van der Waals surface area contributed by atoms with Crippen molar-refractivity contribution in [2.24, 2.45) is 5.73 Å². The van der Waals surface area contributed by atoms with Crippen LogP contribution in [0.1, 0.15) is 24.9 Å². The van der Waals surface area contributed by atoms with E-state index in [2.05, 4.69) is 20.7 Å². The van der Waals surface area contributed by atoms with Gasteiger partial charge in [-0.2, -0.15) is 4.72 Å². The molecule has 0 aromatic heterocycles. The molecule has 0 radical (unpaired) electrons. The molecule has 0 saturated carbocycles. The van der Waals surface area contributed by atoms with Gasteiger partial charge in [0.25, 0.3) is 0 Å². The van der Waals surface area contributed by atoms with Gasteiger partial charge in [-0.1, -0.05) is 35.0 Å². The lowest BCUT2D eigenvalue weighted by atomic mass is 10.1. The Bertz CT molecular complexity index is 531. The van der Waals surface area contributed by atoms with Gasteiger partial charge in [0.15, 0.2) is 0 Å². The van der Waals surface area contributed by atoms with Gasteiger partial charge < -0.3 is 5.73 Å². The van der Waals surface area contributed by atoms with Gasteiger partial charge in [0.2, 0.25) is 15.9 Å². The quantitative estimate of drug-likeness (QED) is 0.821. The minimum absolute atomic E-state index is 0.0369. The van der Waals surface area contributed by atoms with E-state index < -0.39 is 22.0 Å². The first-order chi connectivity index (χ1) is 8.35. The van der Waals surface area contributed by atoms with Gasteiger partial charge in [-0.3, -0.25) is 4.79 Å². The van der Waals surface area contributed by atoms with Crippen molar-refractivity contribution in [1.82, 2.24) is 4.72 Å². The molecule has 1 aromatic rings. The summed E-state index contributed by atoms with van der Waals surface area (Å²) in [6.07, 6.45) is 0.472. The van der Waals surface area contributed by atoms with Crippen LogP contribution in [0.5, 0.6) is 0 Å². The summed E-state index contributed by atoms with van der Waals surface area (Å²) >= 11 is 3.26. The van der Waals surface area contributed by atoms with Crippen LogP contribution in [0, 0.1) is 0 Å². The molecular weight excluding hydrogens is 320 g/mol. The lowest BCUT2D eigenvalue weighted by Gasteiger charge is -2.16. The van der Waals surface area contributed by atoms with Gasteiger partial charge in [0.05, 0.1) is 5.75 Å². The fourth-order valence-corrected chi connectivity index (χ4v) is 3.17. The molecule has 0 heterocycles. The molecule has 0 aliphatic rings. The first-order valence-corrected chi connectivity index (χ1v) is 7.85. The second-order valence-corrected chi connectivity index (χ2v) is 6.62. The molecule has 0 spiro atoms. The first kappa shape index (κ1) is 15.1. The predicted molar refractivity (Wildman–Crippen MR) is 73.3 cm³/mol. The molecule has 0 bridgehead atoms. The molecule has 1 rings (SSSR count). The van der Waals surface area contributed by atoms with Crippen LogP contribution in [0.4, 0.5) is 0 Å². The number of nitrogens with two attached hydrogens (primary N) is 1. The molecule has 3 N–H and O–H groups in total. The molecule has 0 aliphatic heterocycles. The Morgan fingerprint density at radius 1 is 1.50 bits per heavy atom. The van der Waals surface area contributed by atoms with Crippen molar-refractivity contribution < 1.29 is 13.2 Å². The third-order valence-corrected chi connectivity index (χ3v) is 4.27. The molecule has 5 nitrogen and oxygen atoms in total. The highest BCUT2D eigenvalue weighted by Crippen LogP contribution is 2.19. The van der Waals surface area contributed by atoms with Gasteiger partial charge in [-0.05, 0) is 24.1 Å². The lowest BCUT2D eigenvalue weighted by molar-refractivity contribution is -0.119. The van der Waals surface area contributed by atoms with E-state index in [1.807, 2.05) is 0 Å². The highest BCUT2D eigenvalue weighted by Gasteiger charge is 2.23. The number of sulfonamides is 1. The number of hydrogen-bond acceptors (Lipinski definition) is 3. The molecule has 1 unspecified atom stereocenters. The van der Waals surface area contributed by atoms with Crippen LogP contribution in [-0.2, 0) is 14.8 Å². The first-order valence-electron chi connectivity index (χ1n) is 5.40. The Balaban J connectivity index is 3.01. The summed E-state index contributed by atoms with van der Waals surface area (Å²) in [5.74, 6) is -0.766. The Morgan fingerprint density at radius 2 is 2.17 bits per heavy atom. The Hall–Kier alpha value is -0.920. The molecule has 100 valence electrons. The number of amides is 1. The highest BCUT2D eigenvalue weighted by atomic mass is 79.9. The molecule has 1 amide bonds. The van der Waals surface area contributed by atoms with E-state index in [4.69, 9.17) is 5.73 Å². The highest BCUT2D eigenvalue weighted by molar-refractivity contribution is 9.10. The van der Waals surface area contributed by atoms with Crippen molar-refractivity contribution in [1.29, 1.82) is 0 Å². The monoisotopic (exact) mass is 334 g/mol. The summed E-state index contributed by atoms with van der Waals surface area (Å²) in [6.45, 7) is 1.75. The smallest absolute Gasteiger partial charge is 0.240 e. The van der Waals surface area contributed by atoms with Gasteiger partial charge in [0, 0.05) is 4.47 Å². The van der Waals surface area contributed by atoms with E-state index in [0.717, 1.165) is 4.47 Å². The van der Waals surface area contributed by atoms with Crippen LogP contribution < -0.4 is 10.5 Å². The minimum atomic E-state index is -3.50. The van der Waals surface area contributed by atoms with E-state index in [9.17, 15) is 13.2 Å². The zero-order chi connectivity index (χ0) is 13.8. The minimum Gasteiger partial charge on any atom is -0.368 e. The largest absolute Gasteiger partial charge is 0.368 e. The normalized spacial score (nSPS) is 13.2. The van der Waals surface area contributed by atoms with Crippen molar-refractivity contribution in [3.05, 3.63) is 34.3 Å². The van der Waals surface area contributed by atoms with Gasteiger partial charge in [-0.25, -0.2) is 8.42 Å². The van der Waals surface area contributed by atoms with Gasteiger partial charge >= 0.3 is 0 Å². The maximum Gasteiger partial charge on any atom is 0.240 e. The maximum absolute atomic E-state index is 11.7. The van der Waals surface area contributed by atoms with Crippen LogP contribution in [0.25, 0.3) is 0 Å². The molecule has 7 heteroatoms. The molecule has 0 saturated heterocycles. The van der Waals surface area contributed by atoms with Crippen LogP contribution in [0.3, 0.4) is 0 Å². The number of carbonyl (C=O) groups excluding carboxylic acids is 1. The second-order valence-electron chi connectivity index (χ2n) is 3.83. The van der Waals surface area contributed by atoms with E-state index in [1.165, 1.54) is 0 Å². The molecular formula is C11H15BrN2O3S. The van der Waals surface area contributed by atoms with Crippen molar-refractivity contribution in [2.75, 3.05) is 5.75 Å². The standard InChI is InChI=1S/C11H15BrN2O3S/c1-2-6-18(16,17)14-10(11(13)15)8-4-3-5-9(12)7-8/h3-5,7,10,14H,2,6H2,1H3,(H2,13,15). The van der Waals surface area contributed by atoms with Crippen LogP contribution in [0.2, 0.25) is 0 Å². The Labute approximate surface area is 115 Å². The number of rotatable bonds is 6. The van der Waals surface area contributed by atoms with Crippen LogP contribution in [0.15, 0.2) is 28.7 Å². The number of carbonyl (C=O) groups is 1. The lowest BCUT2D eigenvalue weighted by Crippen LogP contribution is -2.38. The summed E-state index contributed by atoms with van der Waals surface area (Å²) in [5, 5.41) is 0. The second kappa shape index (κ2) is 6.31.